The molecule has 1 unspecified atom stereocenters. The first kappa shape index (κ1) is 11.1. The maximum atomic E-state index is 10.1. The van der Waals surface area contributed by atoms with Crippen molar-refractivity contribution in [3.8, 4) is 0 Å². The van der Waals surface area contributed by atoms with Gasteiger partial charge in [-0.2, -0.15) is 0 Å². The molecule has 0 spiro atoms. The summed E-state index contributed by atoms with van der Waals surface area (Å²) in [5, 5.41) is 20.1. The Balaban J connectivity index is 2.40. The molecule has 80 valence electrons. The van der Waals surface area contributed by atoms with Gasteiger partial charge in [-0.3, -0.25) is 0 Å². The largest absolute Gasteiger partial charge is 0.381 e. The highest BCUT2D eigenvalue weighted by molar-refractivity contribution is 9.10. The van der Waals surface area contributed by atoms with Gasteiger partial charge in [0.1, 0.15) is 11.8 Å². The van der Waals surface area contributed by atoms with Gasteiger partial charge in [0.2, 0.25) is 0 Å². The zero-order chi connectivity index (χ0) is 11.0. The topological polar surface area (TPSA) is 50.9 Å². The molecule has 2 rings (SSSR count). The molecule has 4 nitrogen and oxygen atoms in total. The normalized spacial score (nSPS) is 13.1. The average Bonchev–Trinajstić information content (AvgIpc) is 2.73. The van der Waals surface area contributed by atoms with Crippen molar-refractivity contribution >= 4 is 38.9 Å². The van der Waals surface area contributed by atoms with Crippen LogP contribution in [0.4, 0.5) is 0 Å². The second-order valence-corrected chi connectivity index (χ2v) is 5.09. The molecular formula is C8H7BrClN3OS. The molecule has 7 heteroatoms. The second kappa shape index (κ2) is 4.21. The van der Waals surface area contributed by atoms with Gasteiger partial charge < -0.3 is 5.11 Å². The number of hydrogen-bond donors (Lipinski definition) is 1. The fourth-order valence-electron chi connectivity index (χ4n) is 1.24. The zero-order valence-electron chi connectivity index (χ0n) is 7.69. The third-order valence-electron chi connectivity index (χ3n) is 1.94. The van der Waals surface area contributed by atoms with E-state index in [1.807, 2.05) is 0 Å². The minimum atomic E-state index is -0.753. The van der Waals surface area contributed by atoms with Crippen LogP contribution in [0.2, 0.25) is 5.02 Å². The molecule has 0 radical (unpaired) electrons. The number of aliphatic hydroxyl groups excluding tert-OH is 1. The first-order valence-electron chi connectivity index (χ1n) is 4.06. The Hall–Kier alpha value is -0.430. The Bertz CT molecular complexity index is 464. The summed E-state index contributed by atoms with van der Waals surface area (Å²) in [4.78, 5) is 0.770. The highest BCUT2D eigenvalue weighted by atomic mass is 79.9. The van der Waals surface area contributed by atoms with E-state index in [2.05, 4.69) is 26.2 Å². The third kappa shape index (κ3) is 2.08. The summed E-state index contributed by atoms with van der Waals surface area (Å²) < 4.78 is 2.07. The number of nitrogens with zero attached hydrogens (tertiary/aromatic N) is 3. The van der Waals surface area contributed by atoms with Crippen LogP contribution in [0, 0.1) is 0 Å². The van der Waals surface area contributed by atoms with Crippen LogP contribution in [0.15, 0.2) is 16.0 Å². The molecule has 2 aromatic heterocycles. The molecule has 0 saturated heterocycles. The number of rotatable bonds is 2. The van der Waals surface area contributed by atoms with Gasteiger partial charge in [-0.1, -0.05) is 16.8 Å². The molecule has 0 aliphatic carbocycles. The molecule has 15 heavy (non-hydrogen) atoms. The van der Waals surface area contributed by atoms with E-state index in [1.54, 1.807) is 18.5 Å². The van der Waals surface area contributed by atoms with Crippen LogP contribution < -0.4 is 0 Å². The van der Waals surface area contributed by atoms with Crippen molar-refractivity contribution in [1.82, 2.24) is 15.0 Å². The fraction of sp³-hybridized carbons (Fsp3) is 0.250. The Labute approximate surface area is 104 Å². The molecule has 0 aromatic carbocycles. The number of aromatic nitrogens is 3. The van der Waals surface area contributed by atoms with E-state index in [0.29, 0.717) is 15.3 Å². The molecule has 0 aliphatic heterocycles. The zero-order valence-corrected chi connectivity index (χ0v) is 10.8. The number of thiophene rings is 1. The van der Waals surface area contributed by atoms with Crippen molar-refractivity contribution in [2.75, 3.05) is 0 Å². The summed E-state index contributed by atoms with van der Waals surface area (Å²) in [6.07, 6.45) is -0.753. The number of hydrogen-bond acceptors (Lipinski definition) is 4. The smallest absolute Gasteiger partial charge is 0.154 e. The van der Waals surface area contributed by atoms with Crippen molar-refractivity contribution in [2.45, 2.75) is 6.10 Å². The predicted molar refractivity (Wildman–Crippen MR) is 62.1 cm³/mol. The van der Waals surface area contributed by atoms with E-state index in [1.165, 1.54) is 16.0 Å². The summed E-state index contributed by atoms with van der Waals surface area (Å²) in [6, 6.07) is 1.73. The van der Waals surface area contributed by atoms with Crippen molar-refractivity contribution in [2.24, 2.45) is 7.05 Å². The molecule has 2 aromatic rings. The van der Waals surface area contributed by atoms with Crippen LogP contribution >= 0.6 is 38.9 Å². The molecule has 1 atom stereocenters. The SMILES string of the molecule is Cn1nnc(Br)c1C(O)c1cc(Cl)cs1. The maximum absolute atomic E-state index is 10.1. The van der Waals surface area contributed by atoms with Gasteiger partial charge in [-0.25, -0.2) is 4.68 Å². The lowest BCUT2D eigenvalue weighted by Gasteiger charge is -2.08. The van der Waals surface area contributed by atoms with Crippen LogP contribution in [0.3, 0.4) is 0 Å². The Morgan fingerprint density at radius 1 is 1.67 bits per heavy atom. The molecule has 1 N–H and O–H groups in total. The number of aliphatic hydroxyl groups is 1. The molecule has 0 amide bonds. The Kier molecular flexibility index (Phi) is 3.11. The van der Waals surface area contributed by atoms with Gasteiger partial charge in [0.05, 0.1) is 5.02 Å². The minimum absolute atomic E-state index is 0.544. The molecule has 0 bridgehead atoms. The summed E-state index contributed by atoms with van der Waals surface area (Å²) in [6.45, 7) is 0. The predicted octanol–water partition coefficient (Wildman–Crippen LogP) is 2.37. The molecule has 2 heterocycles. The van der Waals surface area contributed by atoms with Gasteiger partial charge in [-0.15, -0.1) is 16.4 Å². The number of halogens is 2. The van der Waals surface area contributed by atoms with E-state index in [0.717, 1.165) is 4.88 Å². The van der Waals surface area contributed by atoms with Crippen molar-refractivity contribution in [3.05, 3.63) is 31.6 Å². The van der Waals surface area contributed by atoms with Crippen molar-refractivity contribution in [1.29, 1.82) is 0 Å². The van der Waals surface area contributed by atoms with E-state index < -0.39 is 6.10 Å². The first-order valence-corrected chi connectivity index (χ1v) is 6.11. The molecule has 0 aliphatic rings. The highest BCUT2D eigenvalue weighted by Gasteiger charge is 2.20. The van der Waals surface area contributed by atoms with Gasteiger partial charge in [-0.05, 0) is 22.0 Å². The minimum Gasteiger partial charge on any atom is -0.381 e. The lowest BCUT2D eigenvalue weighted by molar-refractivity contribution is 0.212. The van der Waals surface area contributed by atoms with Crippen LogP contribution in [0.5, 0.6) is 0 Å². The molecule has 0 fully saturated rings. The summed E-state index contributed by atoms with van der Waals surface area (Å²) in [5.74, 6) is 0. The van der Waals surface area contributed by atoms with Gasteiger partial charge >= 0.3 is 0 Å². The molecular weight excluding hydrogens is 302 g/mol. The van der Waals surface area contributed by atoms with E-state index >= 15 is 0 Å². The quantitative estimate of drug-likeness (QED) is 0.926. The summed E-state index contributed by atoms with van der Waals surface area (Å²) >= 11 is 10.4. The van der Waals surface area contributed by atoms with E-state index in [9.17, 15) is 5.11 Å². The Morgan fingerprint density at radius 3 is 2.87 bits per heavy atom. The lowest BCUT2D eigenvalue weighted by atomic mass is 10.2. The monoisotopic (exact) mass is 307 g/mol. The lowest BCUT2D eigenvalue weighted by Crippen LogP contribution is -2.05. The van der Waals surface area contributed by atoms with Crippen LogP contribution in [0.25, 0.3) is 0 Å². The Morgan fingerprint density at radius 2 is 2.40 bits per heavy atom. The van der Waals surface area contributed by atoms with Gasteiger partial charge in [0, 0.05) is 17.3 Å². The van der Waals surface area contributed by atoms with Gasteiger partial charge in [0.25, 0.3) is 0 Å². The van der Waals surface area contributed by atoms with Crippen LogP contribution in [0.1, 0.15) is 16.7 Å². The molecule has 0 saturated carbocycles. The second-order valence-electron chi connectivity index (χ2n) is 2.96. The average molecular weight is 309 g/mol. The number of aryl methyl sites for hydroxylation is 1. The van der Waals surface area contributed by atoms with Gasteiger partial charge in [0.15, 0.2) is 4.60 Å². The maximum Gasteiger partial charge on any atom is 0.154 e. The highest BCUT2D eigenvalue weighted by Crippen LogP contribution is 2.31. The summed E-state index contributed by atoms with van der Waals surface area (Å²) in [7, 11) is 1.73. The van der Waals surface area contributed by atoms with E-state index in [-0.39, 0.29) is 0 Å². The summed E-state index contributed by atoms with van der Waals surface area (Å²) in [5.41, 5.74) is 0.619. The first-order chi connectivity index (χ1) is 7.09. The third-order valence-corrected chi connectivity index (χ3v) is 3.84. The van der Waals surface area contributed by atoms with Crippen molar-refractivity contribution < 1.29 is 5.11 Å². The van der Waals surface area contributed by atoms with Crippen LogP contribution in [-0.2, 0) is 7.05 Å². The standard InChI is InChI=1S/C8H7BrClN3OS/c1-13-6(8(9)11-12-13)7(14)5-2-4(10)3-15-5/h2-3,7,14H,1H3. The fourth-order valence-corrected chi connectivity index (χ4v) is 2.85. The van der Waals surface area contributed by atoms with Crippen molar-refractivity contribution in [3.63, 3.8) is 0 Å². The van der Waals surface area contributed by atoms with E-state index in [4.69, 9.17) is 11.6 Å². The van der Waals surface area contributed by atoms with Crippen LogP contribution in [-0.4, -0.2) is 20.1 Å².